The van der Waals surface area contributed by atoms with Crippen LogP contribution < -0.4 is 10.6 Å². The topological polar surface area (TPSA) is 229 Å². The third-order valence-electron chi connectivity index (χ3n) is 8.82. The van der Waals surface area contributed by atoms with Gasteiger partial charge in [-0.15, -0.1) is 4.99 Å². The molecule has 0 atom stereocenters. The number of aliphatic imine (C=N–C) groups is 3. The van der Waals surface area contributed by atoms with Gasteiger partial charge in [0.1, 0.15) is 39.4 Å². The molecule has 1 aliphatic heterocycles. The minimum absolute atomic E-state index is 0.00454. The number of alkyl carbamates (subject to hydrolysis) is 2. The van der Waals surface area contributed by atoms with Crippen LogP contribution in [0.5, 0.6) is 0 Å². The molecule has 0 spiro atoms. The van der Waals surface area contributed by atoms with Gasteiger partial charge in [-0.05, 0) is 149 Å². The minimum Gasteiger partial charge on any atom is -0.444 e. The second-order valence-corrected chi connectivity index (χ2v) is 23.1. The van der Waals surface area contributed by atoms with E-state index in [0.29, 0.717) is 55.7 Å². The molecule has 20 heteroatoms. The SMILES string of the molecule is CC(C)(C)OC(=O)N=C(N(CCCCCCCCN=C(NC(=O)OC(C)(C)C)NC(=O)OC(C)(C)C)C(=O)OC(C)(C)C)N(Cc1ccc(C2=NCCCN2C(=O)OC(C)(C)C)cc1)C(=O)OC(C)(C)C. The van der Waals surface area contributed by atoms with E-state index in [1.54, 1.807) is 149 Å². The molecular weight excluding hydrogens is 917 g/mol. The summed E-state index contributed by atoms with van der Waals surface area (Å²) in [7, 11) is 0. The largest absolute Gasteiger partial charge is 0.444 e. The second-order valence-electron chi connectivity index (χ2n) is 23.1. The first kappa shape index (κ1) is 61.2. The Morgan fingerprint density at radius 3 is 1.51 bits per heavy atom. The minimum atomic E-state index is -1.05. The number of benzene rings is 1. The fraction of sp³-hybridized carbons (Fsp3) is 0.706. The number of ether oxygens (including phenoxy) is 6. The highest BCUT2D eigenvalue weighted by Gasteiger charge is 2.36. The van der Waals surface area contributed by atoms with E-state index in [4.69, 9.17) is 28.4 Å². The number of nitrogens with one attached hydrogen (secondary N) is 2. The van der Waals surface area contributed by atoms with Gasteiger partial charge in [-0.3, -0.25) is 25.5 Å². The van der Waals surface area contributed by atoms with E-state index in [0.717, 1.165) is 29.1 Å². The number of hydrogen-bond donors (Lipinski definition) is 2. The van der Waals surface area contributed by atoms with Gasteiger partial charge in [0.15, 0.2) is 0 Å². The van der Waals surface area contributed by atoms with Gasteiger partial charge in [-0.25, -0.2) is 38.6 Å². The van der Waals surface area contributed by atoms with Gasteiger partial charge < -0.3 is 28.4 Å². The molecule has 0 radical (unpaired) electrons. The molecular formula is C51H84N8O12. The van der Waals surface area contributed by atoms with Gasteiger partial charge in [0.05, 0.1) is 6.54 Å². The highest BCUT2D eigenvalue weighted by Crippen LogP contribution is 2.23. The van der Waals surface area contributed by atoms with Crippen molar-refractivity contribution in [1.82, 2.24) is 25.3 Å². The lowest BCUT2D eigenvalue weighted by molar-refractivity contribution is 0.0261. The van der Waals surface area contributed by atoms with Crippen LogP contribution in [0.4, 0.5) is 28.8 Å². The van der Waals surface area contributed by atoms with Crippen molar-refractivity contribution in [3.05, 3.63) is 35.4 Å². The summed E-state index contributed by atoms with van der Waals surface area (Å²) in [5.41, 5.74) is -3.98. The van der Waals surface area contributed by atoms with Crippen molar-refractivity contribution in [2.45, 2.75) is 210 Å². The van der Waals surface area contributed by atoms with Crippen LogP contribution in [0.2, 0.25) is 0 Å². The predicted molar refractivity (Wildman–Crippen MR) is 273 cm³/mol. The highest BCUT2D eigenvalue weighted by molar-refractivity contribution is 6.07. The van der Waals surface area contributed by atoms with E-state index in [1.165, 1.54) is 4.90 Å². The Kier molecular flexibility index (Phi) is 22.4. The van der Waals surface area contributed by atoms with Crippen LogP contribution in [0, 0.1) is 0 Å². The highest BCUT2D eigenvalue weighted by atomic mass is 16.6. The predicted octanol–water partition coefficient (Wildman–Crippen LogP) is 11.1. The lowest BCUT2D eigenvalue weighted by Gasteiger charge is -2.34. The van der Waals surface area contributed by atoms with Gasteiger partial charge in [0.2, 0.25) is 11.9 Å². The van der Waals surface area contributed by atoms with Crippen molar-refractivity contribution in [2.24, 2.45) is 15.0 Å². The Labute approximate surface area is 422 Å². The van der Waals surface area contributed by atoms with Crippen LogP contribution in [0.25, 0.3) is 0 Å². The summed E-state index contributed by atoms with van der Waals surface area (Å²) >= 11 is 0. The molecule has 6 amide bonds. The average Bonchev–Trinajstić information content (AvgIpc) is 3.16. The molecule has 2 N–H and O–H groups in total. The summed E-state index contributed by atoms with van der Waals surface area (Å²) in [6, 6.07) is 7.05. The fourth-order valence-corrected chi connectivity index (χ4v) is 6.24. The molecule has 20 nitrogen and oxygen atoms in total. The quantitative estimate of drug-likeness (QED) is 0.0862. The van der Waals surface area contributed by atoms with Crippen LogP contribution in [-0.4, -0.2) is 129 Å². The molecule has 0 aliphatic carbocycles. The van der Waals surface area contributed by atoms with Gasteiger partial charge >= 0.3 is 36.6 Å². The third-order valence-corrected chi connectivity index (χ3v) is 8.82. The number of nitrogens with zero attached hydrogens (tertiary/aromatic N) is 6. The summed E-state index contributed by atoms with van der Waals surface area (Å²) in [5.74, 6) is -0.00144. The first-order valence-corrected chi connectivity index (χ1v) is 24.4. The Morgan fingerprint density at radius 2 is 1.03 bits per heavy atom. The zero-order chi connectivity index (χ0) is 54.2. The van der Waals surface area contributed by atoms with E-state index in [1.807, 2.05) is 0 Å². The van der Waals surface area contributed by atoms with Crippen molar-refractivity contribution in [1.29, 1.82) is 0 Å². The standard InChI is InChI=1S/C51H84N8O12/c1-46(2,3)66-40(60)54-38(55-41(61)67-47(4,5)6)53-30-23-21-19-20-22-24-32-58(44(64)70-50(13,14)15)39(56-42(62)68-48(7,8)9)59(45(65)71-51(16,17)18)34-35-26-28-36(29-27-35)37-52-31-25-33-57(37)43(63)69-49(10,11)12/h26-29H,19-25,30-34H2,1-18H3,(H2,53,54,55,60,61). The Bertz CT molecular complexity index is 2030. The van der Waals surface area contributed by atoms with Crippen molar-refractivity contribution in [2.75, 3.05) is 26.2 Å². The van der Waals surface area contributed by atoms with E-state index in [9.17, 15) is 28.8 Å². The molecule has 1 aliphatic rings. The maximum absolute atomic E-state index is 14.3. The number of amides is 6. The Hall–Kier alpha value is -5.95. The van der Waals surface area contributed by atoms with Crippen molar-refractivity contribution < 1.29 is 57.2 Å². The first-order valence-electron chi connectivity index (χ1n) is 24.4. The molecule has 1 heterocycles. The molecule has 0 bridgehead atoms. The second kappa shape index (κ2) is 26.0. The number of amidine groups is 1. The molecule has 400 valence electrons. The van der Waals surface area contributed by atoms with Gasteiger partial charge in [0, 0.05) is 31.7 Å². The molecule has 0 unspecified atom stereocenters. The molecule has 1 aromatic carbocycles. The van der Waals surface area contributed by atoms with Crippen LogP contribution in [-0.2, 0) is 35.0 Å². The number of guanidine groups is 2. The molecule has 2 rings (SSSR count). The van der Waals surface area contributed by atoms with Crippen LogP contribution in [0.15, 0.2) is 39.2 Å². The first-order chi connectivity index (χ1) is 32.4. The Morgan fingerprint density at radius 1 is 0.577 bits per heavy atom. The molecule has 0 saturated carbocycles. The van der Waals surface area contributed by atoms with Crippen molar-refractivity contribution in [3.63, 3.8) is 0 Å². The normalized spacial score (nSPS) is 13.7. The Balaban J connectivity index is 2.44. The van der Waals surface area contributed by atoms with Crippen molar-refractivity contribution >= 4 is 54.3 Å². The molecule has 0 aromatic heterocycles. The lowest BCUT2D eigenvalue weighted by atomic mass is 10.1. The maximum atomic E-state index is 14.3. The smallest absolute Gasteiger partial charge is 0.437 e. The zero-order valence-corrected chi connectivity index (χ0v) is 45.9. The summed E-state index contributed by atoms with van der Waals surface area (Å²) in [5, 5.41) is 4.96. The molecule has 1 aromatic rings. The zero-order valence-electron chi connectivity index (χ0n) is 45.9. The maximum Gasteiger partial charge on any atom is 0.437 e. The van der Waals surface area contributed by atoms with Crippen LogP contribution in [0.3, 0.4) is 0 Å². The lowest BCUT2D eigenvalue weighted by Crippen LogP contribution is -2.52. The summed E-state index contributed by atoms with van der Waals surface area (Å²) in [6.45, 7) is 31.9. The summed E-state index contributed by atoms with van der Waals surface area (Å²) < 4.78 is 33.7. The summed E-state index contributed by atoms with van der Waals surface area (Å²) in [4.78, 5) is 97.5. The monoisotopic (exact) mass is 1000 g/mol. The van der Waals surface area contributed by atoms with Crippen molar-refractivity contribution in [3.8, 4) is 0 Å². The summed E-state index contributed by atoms with van der Waals surface area (Å²) in [6.07, 6.45) is -0.265. The average molecular weight is 1000 g/mol. The van der Waals surface area contributed by atoms with Gasteiger partial charge in [-0.1, -0.05) is 49.9 Å². The number of hydrogen-bond acceptors (Lipinski definition) is 14. The number of carbonyl (C=O) groups is 6. The van der Waals surface area contributed by atoms with Crippen LogP contribution >= 0.6 is 0 Å². The number of rotatable bonds is 12. The third kappa shape index (κ3) is 26.2. The number of carbonyl (C=O) groups excluding carboxylic acids is 6. The van der Waals surface area contributed by atoms with E-state index < -0.39 is 70.2 Å². The van der Waals surface area contributed by atoms with Gasteiger partial charge in [-0.2, -0.15) is 0 Å². The molecule has 71 heavy (non-hydrogen) atoms. The van der Waals surface area contributed by atoms with E-state index in [-0.39, 0.29) is 31.6 Å². The van der Waals surface area contributed by atoms with E-state index >= 15 is 0 Å². The molecule has 0 fully saturated rings. The van der Waals surface area contributed by atoms with Gasteiger partial charge in [0.25, 0.3) is 0 Å². The fourth-order valence-electron chi connectivity index (χ4n) is 6.24. The number of unbranched alkanes of at least 4 members (excludes halogenated alkanes) is 5. The van der Waals surface area contributed by atoms with Crippen LogP contribution in [0.1, 0.15) is 181 Å². The van der Waals surface area contributed by atoms with E-state index in [2.05, 4.69) is 25.6 Å². The molecule has 0 saturated heterocycles.